The molecule has 0 amide bonds. The number of ether oxygens (including phenoxy) is 3. The lowest BCUT2D eigenvalue weighted by atomic mass is 10.1. The number of methoxy groups -OCH3 is 2. The van der Waals surface area contributed by atoms with E-state index in [0.717, 1.165) is 12.0 Å². The van der Waals surface area contributed by atoms with Crippen LogP contribution in [0.15, 0.2) is 12.1 Å². The molecule has 0 aliphatic rings. The number of nitrogens with two attached hydrogens (primary N) is 1. The van der Waals surface area contributed by atoms with Crippen LogP contribution in [0.25, 0.3) is 0 Å². The van der Waals surface area contributed by atoms with Crippen molar-refractivity contribution >= 4 is 11.6 Å². The summed E-state index contributed by atoms with van der Waals surface area (Å²) >= 11 is 6.16. The van der Waals surface area contributed by atoms with Gasteiger partial charge >= 0.3 is 0 Å². The first-order chi connectivity index (χ1) is 9.17. The molecule has 0 aliphatic heterocycles. The van der Waals surface area contributed by atoms with Crippen molar-refractivity contribution in [2.24, 2.45) is 5.84 Å². The summed E-state index contributed by atoms with van der Waals surface area (Å²) in [5.41, 5.74) is 3.60. The average Bonchev–Trinajstić information content (AvgIpc) is 2.42. The second-order valence-electron chi connectivity index (χ2n) is 4.03. The fourth-order valence-electron chi connectivity index (χ4n) is 1.73. The number of hydrogen-bond acceptors (Lipinski definition) is 5. The van der Waals surface area contributed by atoms with E-state index in [-0.39, 0.29) is 6.04 Å². The normalized spacial score (nSPS) is 12.3. The predicted octanol–water partition coefficient (Wildman–Crippen LogP) is 2.29. The Labute approximate surface area is 118 Å². The molecule has 0 saturated heterocycles. The Morgan fingerprint density at radius 1 is 1.32 bits per heavy atom. The van der Waals surface area contributed by atoms with Crippen molar-refractivity contribution in [3.63, 3.8) is 0 Å². The number of nitrogens with one attached hydrogen (secondary N) is 1. The van der Waals surface area contributed by atoms with Gasteiger partial charge in [-0.2, -0.15) is 0 Å². The second kappa shape index (κ2) is 8.22. The molecule has 1 rings (SSSR count). The zero-order chi connectivity index (χ0) is 14.3. The van der Waals surface area contributed by atoms with Crippen molar-refractivity contribution < 1.29 is 14.2 Å². The van der Waals surface area contributed by atoms with E-state index >= 15 is 0 Å². The maximum absolute atomic E-state index is 6.16. The van der Waals surface area contributed by atoms with Gasteiger partial charge in [0.2, 0.25) is 0 Å². The molecule has 1 aromatic carbocycles. The first-order valence-electron chi connectivity index (χ1n) is 6.13. The van der Waals surface area contributed by atoms with E-state index in [0.29, 0.717) is 29.7 Å². The van der Waals surface area contributed by atoms with Crippen molar-refractivity contribution in [1.82, 2.24) is 5.43 Å². The number of hydrogen-bond donors (Lipinski definition) is 2. The van der Waals surface area contributed by atoms with E-state index in [9.17, 15) is 0 Å². The molecular weight excluding hydrogens is 268 g/mol. The van der Waals surface area contributed by atoms with Crippen LogP contribution in [-0.2, 0) is 4.74 Å². The molecular formula is C13H21ClN2O3. The monoisotopic (exact) mass is 288 g/mol. The van der Waals surface area contributed by atoms with Crippen LogP contribution in [0.5, 0.6) is 11.5 Å². The molecule has 0 aliphatic carbocycles. The quantitative estimate of drug-likeness (QED) is 0.436. The summed E-state index contributed by atoms with van der Waals surface area (Å²) in [4.78, 5) is 0. The van der Waals surface area contributed by atoms with Crippen LogP contribution in [0.3, 0.4) is 0 Å². The largest absolute Gasteiger partial charge is 0.493 e. The minimum Gasteiger partial charge on any atom is -0.493 e. The second-order valence-corrected chi connectivity index (χ2v) is 4.44. The van der Waals surface area contributed by atoms with Crippen molar-refractivity contribution in [2.45, 2.75) is 19.4 Å². The maximum Gasteiger partial charge on any atom is 0.179 e. The van der Waals surface area contributed by atoms with E-state index in [1.54, 1.807) is 20.3 Å². The minimum absolute atomic E-state index is 0.149. The van der Waals surface area contributed by atoms with E-state index in [1.807, 2.05) is 6.07 Å². The lowest BCUT2D eigenvalue weighted by molar-refractivity contribution is 0.112. The highest BCUT2D eigenvalue weighted by Gasteiger charge is 2.16. The average molecular weight is 289 g/mol. The molecule has 0 bridgehead atoms. The van der Waals surface area contributed by atoms with E-state index in [2.05, 4.69) is 12.3 Å². The molecule has 1 unspecified atom stereocenters. The highest BCUT2D eigenvalue weighted by atomic mass is 35.5. The Kier molecular flexibility index (Phi) is 6.94. The topological polar surface area (TPSA) is 65.7 Å². The lowest BCUT2D eigenvalue weighted by Crippen LogP contribution is -2.31. The summed E-state index contributed by atoms with van der Waals surface area (Å²) < 4.78 is 16.0. The predicted molar refractivity (Wildman–Crippen MR) is 75.7 cm³/mol. The molecule has 0 fully saturated rings. The fourth-order valence-corrected chi connectivity index (χ4v) is 2.02. The summed E-state index contributed by atoms with van der Waals surface area (Å²) in [5.74, 6) is 6.64. The van der Waals surface area contributed by atoms with Gasteiger partial charge in [-0.1, -0.05) is 18.5 Å². The van der Waals surface area contributed by atoms with Crippen molar-refractivity contribution in [1.29, 1.82) is 0 Å². The SMILES string of the molecule is CCCOCC(NN)c1cc(Cl)c(OC)c(OC)c1. The molecule has 108 valence electrons. The van der Waals surface area contributed by atoms with Crippen LogP contribution < -0.4 is 20.7 Å². The summed E-state index contributed by atoms with van der Waals surface area (Å²) in [6.07, 6.45) is 0.962. The van der Waals surface area contributed by atoms with Crippen LogP contribution in [0, 0.1) is 0 Å². The number of hydrazine groups is 1. The van der Waals surface area contributed by atoms with Crippen LogP contribution >= 0.6 is 11.6 Å². The highest BCUT2D eigenvalue weighted by Crippen LogP contribution is 2.37. The zero-order valence-corrected chi connectivity index (χ0v) is 12.3. The summed E-state index contributed by atoms with van der Waals surface area (Å²) in [6.45, 7) is 3.22. The first-order valence-corrected chi connectivity index (χ1v) is 6.51. The third-order valence-corrected chi connectivity index (χ3v) is 2.97. The summed E-state index contributed by atoms with van der Waals surface area (Å²) in [6, 6.07) is 3.48. The van der Waals surface area contributed by atoms with E-state index in [1.165, 1.54) is 0 Å². The molecule has 0 aromatic heterocycles. The Morgan fingerprint density at radius 3 is 2.58 bits per heavy atom. The fraction of sp³-hybridized carbons (Fsp3) is 0.538. The Hall–Kier alpha value is -1.01. The summed E-state index contributed by atoms with van der Waals surface area (Å²) in [5, 5.41) is 0.479. The molecule has 0 saturated carbocycles. The molecule has 1 aromatic rings. The Balaban J connectivity index is 2.94. The molecule has 0 spiro atoms. The zero-order valence-electron chi connectivity index (χ0n) is 11.5. The molecule has 5 nitrogen and oxygen atoms in total. The van der Waals surface area contributed by atoms with Crippen LogP contribution in [0.4, 0.5) is 0 Å². The van der Waals surface area contributed by atoms with Gasteiger partial charge in [0.25, 0.3) is 0 Å². The van der Waals surface area contributed by atoms with Crippen molar-refractivity contribution in [2.75, 3.05) is 27.4 Å². The van der Waals surface area contributed by atoms with Gasteiger partial charge in [-0.3, -0.25) is 11.3 Å². The van der Waals surface area contributed by atoms with Crippen molar-refractivity contribution in [3.8, 4) is 11.5 Å². The van der Waals surface area contributed by atoms with Gasteiger partial charge in [0, 0.05) is 6.61 Å². The van der Waals surface area contributed by atoms with Gasteiger partial charge in [0.15, 0.2) is 11.5 Å². The van der Waals surface area contributed by atoms with Crippen LogP contribution in [0.1, 0.15) is 24.9 Å². The van der Waals surface area contributed by atoms with Gasteiger partial charge < -0.3 is 14.2 Å². The van der Waals surface area contributed by atoms with Gasteiger partial charge in [-0.05, 0) is 24.1 Å². The van der Waals surface area contributed by atoms with E-state index in [4.69, 9.17) is 31.7 Å². The van der Waals surface area contributed by atoms with Gasteiger partial charge in [-0.15, -0.1) is 0 Å². The number of rotatable bonds is 8. The standard InChI is InChI=1S/C13H21ClN2O3/c1-4-5-19-8-11(16-15)9-6-10(14)13(18-3)12(7-9)17-2/h6-7,11,16H,4-5,8,15H2,1-3H3. The minimum atomic E-state index is -0.149. The van der Waals surface area contributed by atoms with Gasteiger partial charge in [0.1, 0.15) is 0 Å². The van der Waals surface area contributed by atoms with Gasteiger partial charge in [-0.25, -0.2) is 0 Å². The van der Waals surface area contributed by atoms with E-state index < -0.39 is 0 Å². The van der Waals surface area contributed by atoms with Crippen LogP contribution in [-0.4, -0.2) is 27.4 Å². The molecule has 6 heteroatoms. The highest BCUT2D eigenvalue weighted by molar-refractivity contribution is 6.32. The van der Waals surface area contributed by atoms with Crippen molar-refractivity contribution in [3.05, 3.63) is 22.7 Å². The Morgan fingerprint density at radius 2 is 2.05 bits per heavy atom. The smallest absolute Gasteiger partial charge is 0.179 e. The molecule has 0 radical (unpaired) electrons. The third kappa shape index (κ3) is 4.24. The van der Waals surface area contributed by atoms with Gasteiger partial charge in [0.05, 0.1) is 31.9 Å². The first kappa shape index (κ1) is 16.0. The summed E-state index contributed by atoms with van der Waals surface area (Å²) in [7, 11) is 3.11. The van der Waals surface area contributed by atoms with Crippen LogP contribution in [0.2, 0.25) is 5.02 Å². The number of benzene rings is 1. The molecule has 19 heavy (non-hydrogen) atoms. The third-order valence-electron chi connectivity index (χ3n) is 2.69. The Bertz CT molecular complexity index is 402. The molecule has 1 atom stereocenters. The molecule has 0 heterocycles. The number of halogens is 1. The molecule has 3 N–H and O–H groups in total. The lowest BCUT2D eigenvalue weighted by Gasteiger charge is -2.19. The maximum atomic E-state index is 6.16.